The van der Waals surface area contributed by atoms with Crippen molar-refractivity contribution in [1.29, 1.82) is 0 Å². The molecule has 6 heteroatoms. The Labute approximate surface area is 103 Å². The number of esters is 1. The summed E-state index contributed by atoms with van der Waals surface area (Å²) in [6.45, 7) is 3.18. The van der Waals surface area contributed by atoms with E-state index in [4.69, 9.17) is 0 Å². The van der Waals surface area contributed by atoms with Crippen LogP contribution in [0.25, 0.3) is 0 Å². The van der Waals surface area contributed by atoms with Gasteiger partial charge in [0.15, 0.2) is 9.84 Å². The lowest BCUT2D eigenvalue weighted by Gasteiger charge is -2.13. The fourth-order valence-corrected chi connectivity index (χ4v) is 3.79. The molecule has 17 heavy (non-hydrogen) atoms. The fourth-order valence-electron chi connectivity index (χ4n) is 1.87. The highest BCUT2D eigenvalue weighted by Crippen LogP contribution is 2.50. The van der Waals surface area contributed by atoms with Crippen molar-refractivity contribution < 1.29 is 17.9 Å². The highest BCUT2D eigenvalue weighted by molar-refractivity contribution is 7.91. The molecule has 0 amide bonds. The predicted octanol–water partition coefficient (Wildman–Crippen LogP) is 0.354. The van der Waals surface area contributed by atoms with Gasteiger partial charge >= 0.3 is 5.97 Å². The number of carbonyl (C=O) groups is 1. The molecule has 0 aliphatic heterocycles. The lowest BCUT2D eigenvalue weighted by atomic mass is 10.1. The van der Waals surface area contributed by atoms with E-state index in [9.17, 15) is 13.2 Å². The van der Waals surface area contributed by atoms with E-state index in [2.05, 4.69) is 10.1 Å². The average molecular weight is 263 g/mol. The quantitative estimate of drug-likeness (QED) is 0.505. The van der Waals surface area contributed by atoms with Crippen LogP contribution in [0.5, 0.6) is 0 Å². The van der Waals surface area contributed by atoms with Crippen LogP contribution in [0.2, 0.25) is 0 Å². The van der Waals surface area contributed by atoms with Crippen molar-refractivity contribution in [2.45, 2.75) is 26.2 Å². The van der Waals surface area contributed by atoms with E-state index in [0.717, 1.165) is 19.4 Å². The van der Waals surface area contributed by atoms with Crippen LogP contribution in [0.4, 0.5) is 0 Å². The lowest BCUT2D eigenvalue weighted by molar-refractivity contribution is -0.141. The fraction of sp³-hybridized carbons (Fsp3) is 0.909. The number of rotatable bonds is 8. The average Bonchev–Trinajstić information content (AvgIpc) is 2.96. The van der Waals surface area contributed by atoms with Crippen LogP contribution in [-0.2, 0) is 19.4 Å². The molecule has 0 aromatic heterocycles. The van der Waals surface area contributed by atoms with E-state index >= 15 is 0 Å². The number of sulfone groups is 1. The minimum atomic E-state index is -3.07. The number of carbonyl (C=O) groups excluding carboxylic acids is 1. The van der Waals surface area contributed by atoms with Gasteiger partial charge in [-0.1, -0.05) is 6.92 Å². The third-order valence-corrected chi connectivity index (χ3v) is 4.95. The second-order valence-electron chi connectivity index (χ2n) is 4.70. The van der Waals surface area contributed by atoms with Gasteiger partial charge in [0.2, 0.25) is 0 Å². The van der Waals surface area contributed by atoms with Crippen LogP contribution in [0.1, 0.15) is 26.2 Å². The number of nitrogens with one attached hydrogen (secondary N) is 1. The first kappa shape index (κ1) is 14.4. The van der Waals surface area contributed by atoms with Crippen LogP contribution < -0.4 is 5.32 Å². The first-order valence-corrected chi connectivity index (χ1v) is 7.73. The summed E-state index contributed by atoms with van der Waals surface area (Å²) in [5, 5.41) is 2.99. The summed E-state index contributed by atoms with van der Waals surface area (Å²) < 4.78 is 28.3. The van der Waals surface area contributed by atoms with Crippen molar-refractivity contribution in [3.63, 3.8) is 0 Å². The Balaban J connectivity index is 2.44. The zero-order valence-electron chi connectivity index (χ0n) is 10.5. The van der Waals surface area contributed by atoms with Gasteiger partial charge in [-0.3, -0.25) is 4.79 Å². The SMILES string of the molecule is CCNCCS(=O)(=O)CC1(CC(=O)OC)CC1. The second kappa shape index (κ2) is 5.82. The van der Waals surface area contributed by atoms with Crippen molar-refractivity contribution in [2.24, 2.45) is 5.41 Å². The molecule has 100 valence electrons. The van der Waals surface area contributed by atoms with Crippen LogP contribution in [0.15, 0.2) is 0 Å². The Morgan fingerprint density at radius 3 is 2.53 bits per heavy atom. The van der Waals surface area contributed by atoms with Crippen LogP contribution in [0, 0.1) is 5.41 Å². The minimum Gasteiger partial charge on any atom is -0.469 e. The molecule has 0 saturated heterocycles. The molecule has 1 aliphatic carbocycles. The van der Waals surface area contributed by atoms with Gasteiger partial charge in [-0.2, -0.15) is 0 Å². The Hall–Kier alpha value is -0.620. The molecule has 1 rings (SSSR count). The van der Waals surface area contributed by atoms with Crippen molar-refractivity contribution in [3.05, 3.63) is 0 Å². The molecule has 1 N–H and O–H groups in total. The summed E-state index contributed by atoms with van der Waals surface area (Å²) in [4.78, 5) is 11.2. The Morgan fingerprint density at radius 1 is 1.41 bits per heavy atom. The third-order valence-electron chi connectivity index (χ3n) is 3.07. The number of hydrogen-bond acceptors (Lipinski definition) is 5. The second-order valence-corrected chi connectivity index (χ2v) is 6.88. The highest BCUT2D eigenvalue weighted by atomic mass is 32.2. The van der Waals surface area contributed by atoms with Crippen LogP contribution >= 0.6 is 0 Å². The molecule has 1 aliphatic rings. The first-order valence-electron chi connectivity index (χ1n) is 5.91. The van der Waals surface area contributed by atoms with Gasteiger partial charge in [0.05, 0.1) is 25.0 Å². The molecule has 0 atom stereocenters. The van der Waals surface area contributed by atoms with Crippen LogP contribution in [0.3, 0.4) is 0 Å². The maximum atomic E-state index is 11.8. The van der Waals surface area contributed by atoms with Gasteiger partial charge < -0.3 is 10.1 Å². The summed E-state index contributed by atoms with van der Waals surface area (Å²) in [5.74, 6) is -0.0612. The van der Waals surface area contributed by atoms with Gasteiger partial charge in [-0.25, -0.2) is 8.42 Å². The van der Waals surface area contributed by atoms with Gasteiger partial charge in [-0.05, 0) is 24.8 Å². The zero-order chi connectivity index (χ0) is 12.9. The molecule has 0 heterocycles. The summed E-state index contributed by atoms with van der Waals surface area (Å²) in [6.07, 6.45) is 1.84. The molecular weight excluding hydrogens is 242 g/mol. The standard InChI is InChI=1S/C11H21NO4S/c1-3-12-6-7-17(14,15)9-11(4-5-11)8-10(13)16-2/h12H,3-9H2,1-2H3. The molecular formula is C11H21NO4S. The summed E-state index contributed by atoms with van der Waals surface area (Å²) in [7, 11) is -1.74. The minimum absolute atomic E-state index is 0.112. The summed E-state index contributed by atoms with van der Waals surface area (Å²) in [6, 6.07) is 0. The van der Waals surface area contributed by atoms with E-state index in [1.807, 2.05) is 6.92 Å². The Bertz CT molecular complexity index is 360. The number of hydrogen-bond donors (Lipinski definition) is 1. The Morgan fingerprint density at radius 2 is 2.06 bits per heavy atom. The van der Waals surface area contributed by atoms with Crippen molar-refractivity contribution >= 4 is 15.8 Å². The molecule has 5 nitrogen and oxygen atoms in total. The molecule has 1 saturated carbocycles. The molecule has 0 unspecified atom stereocenters. The molecule has 0 spiro atoms. The van der Waals surface area contributed by atoms with E-state index in [-0.39, 0.29) is 29.3 Å². The number of methoxy groups -OCH3 is 1. The normalized spacial score (nSPS) is 17.8. The molecule has 1 fully saturated rings. The van der Waals surface area contributed by atoms with Gasteiger partial charge in [0, 0.05) is 6.54 Å². The van der Waals surface area contributed by atoms with Crippen molar-refractivity contribution in [1.82, 2.24) is 5.32 Å². The summed E-state index contributed by atoms with van der Waals surface area (Å²) in [5.41, 5.74) is -0.335. The lowest BCUT2D eigenvalue weighted by Crippen LogP contribution is -2.28. The molecule has 0 aromatic rings. The largest absolute Gasteiger partial charge is 0.469 e. The smallest absolute Gasteiger partial charge is 0.306 e. The Kier molecular flexibility index (Phi) is 4.94. The summed E-state index contributed by atoms with van der Waals surface area (Å²) >= 11 is 0. The van der Waals surface area contributed by atoms with Crippen molar-refractivity contribution in [3.8, 4) is 0 Å². The van der Waals surface area contributed by atoms with E-state index in [1.54, 1.807) is 0 Å². The molecule has 0 radical (unpaired) electrons. The topological polar surface area (TPSA) is 72.5 Å². The van der Waals surface area contributed by atoms with Gasteiger partial charge in [0.1, 0.15) is 0 Å². The maximum Gasteiger partial charge on any atom is 0.306 e. The number of ether oxygens (including phenoxy) is 1. The predicted molar refractivity (Wildman–Crippen MR) is 65.5 cm³/mol. The van der Waals surface area contributed by atoms with Gasteiger partial charge in [-0.15, -0.1) is 0 Å². The van der Waals surface area contributed by atoms with E-state index in [0.29, 0.717) is 6.54 Å². The monoisotopic (exact) mass is 263 g/mol. The third kappa shape index (κ3) is 5.04. The van der Waals surface area contributed by atoms with Crippen molar-refractivity contribution in [2.75, 3.05) is 31.7 Å². The first-order chi connectivity index (χ1) is 7.93. The van der Waals surface area contributed by atoms with E-state index in [1.165, 1.54) is 7.11 Å². The zero-order valence-corrected chi connectivity index (χ0v) is 11.3. The van der Waals surface area contributed by atoms with Gasteiger partial charge in [0.25, 0.3) is 0 Å². The highest BCUT2D eigenvalue weighted by Gasteiger charge is 2.47. The molecule has 0 aromatic carbocycles. The maximum absolute atomic E-state index is 11.8. The van der Waals surface area contributed by atoms with Crippen LogP contribution in [-0.4, -0.2) is 46.1 Å². The molecule has 0 bridgehead atoms. The van der Waals surface area contributed by atoms with E-state index < -0.39 is 9.84 Å².